The largest absolute Gasteiger partial charge is 0.456 e. The van der Waals surface area contributed by atoms with Crippen molar-refractivity contribution in [2.45, 2.75) is 6.92 Å². The SMILES string of the molecule is Cc1ccc(-c2cc3nccc(Oc4ccc(N)c(F)c4)c3s2)nc1. The topological polar surface area (TPSA) is 61.0 Å². The van der Waals surface area contributed by atoms with Gasteiger partial charge in [-0.15, -0.1) is 11.3 Å². The number of fused-ring (bicyclic) bond motifs is 1. The second kappa shape index (κ2) is 6.14. The molecule has 124 valence electrons. The Morgan fingerprint density at radius 2 is 1.96 bits per heavy atom. The second-order valence-corrected chi connectivity index (χ2v) is 6.69. The van der Waals surface area contributed by atoms with E-state index >= 15 is 0 Å². The molecule has 3 aromatic heterocycles. The van der Waals surface area contributed by atoms with Crippen LogP contribution in [-0.2, 0) is 0 Å². The predicted molar refractivity (Wildman–Crippen MR) is 98.5 cm³/mol. The molecule has 4 aromatic rings. The summed E-state index contributed by atoms with van der Waals surface area (Å²) in [4.78, 5) is 9.85. The Hall–Kier alpha value is -2.99. The molecule has 4 rings (SSSR count). The molecule has 0 saturated heterocycles. The fourth-order valence-corrected chi connectivity index (χ4v) is 3.48. The van der Waals surface area contributed by atoms with Crippen molar-refractivity contribution in [3.05, 3.63) is 66.2 Å². The molecule has 6 heteroatoms. The monoisotopic (exact) mass is 351 g/mol. The van der Waals surface area contributed by atoms with Crippen LogP contribution in [0.4, 0.5) is 10.1 Å². The second-order valence-electron chi connectivity index (χ2n) is 5.64. The fraction of sp³-hybridized carbons (Fsp3) is 0.0526. The third-order valence-corrected chi connectivity index (χ3v) is 4.90. The lowest BCUT2D eigenvalue weighted by molar-refractivity contribution is 0.483. The van der Waals surface area contributed by atoms with Crippen molar-refractivity contribution >= 4 is 27.2 Å². The van der Waals surface area contributed by atoms with Gasteiger partial charge in [-0.1, -0.05) is 6.07 Å². The van der Waals surface area contributed by atoms with E-state index in [1.807, 2.05) is 31.3 Å². The molecule has 0 bridgehead atoms. The maximum absolute atomic E-state index is 13.6. The molecule has 0 aliphatic heterocycles. The summed E-state index contributed by atoms with van der Waals surface area (Å²) in [6, 6.07) is 12.1. The number of anilines is 1. The highest BCUT2D eigenvalue weighted by molar-refractivity contribution is 7.22. The van der Waals surface area contributed by atoms with Gasteiger partial charge in [0.05, 0.1) is 26.5 Å². The molecule has 2 N–H and O–H groups in total. The molecule has 1 aromatic carbocycles. The van der Waals surface area contributed by atoms with Crippen molar-refractivity contribution in [3.63, 3.8) is 0 Å². The summed E-state index contributed by atoms with van der Waals surface area (Å²) in [5.41, 5.74) is 8.41. The number of aryl methyl sites for hydroxylation is 1. The molecule has 0 aliphatic rings. The molecule has 0 amide bonds. The van der Waals surface area contributed by atoms with Gasteiger partial charge in [0.15, 0.2) is 0 Å². The maximum Gasteiger partial charge on any atom is 0.149 e. The normalized spacial score (nSPS) is 11.0. The Morgan fingerprint density at radius 3 is 2.72 bits per heavy atom. The summed E-state index contributed by atoms with van der Waals surface area (Å²) in [5, 5.41) is 0. The number of thiophene rings is 1. The minimum atomic E-state index is -0.501. The molecule has 0 fully saturated rings. The minimum Gasteiger partial charge on any atom is -0.456 e. The molecular formula is C19H14FN3OS. The number of nitrogen functional groups attached to an aromatic ring is 1. The van der Waals surface area contributed by atoms with Crippen molar-refractivity contribution < 1.29 is 9.13 Å². The van der Waals surface area contributed by atoms with Gasteiger partial charge in [-0.2, -0.15) is 0 Å². The van der Waals surface area contributed by atoms with Gasteiger partial charge in [-0.3, -0.25) is 9.97 Å². The molecule has 0 radical (unpaired) electrons. The van der Waals surface area contributed by atoms with E-state index in [4.69, 9.17) is 10.5 Å². The number of nitrogens with zero attached hydrogens (tertiary/aromatic N) is 2. The van der Waals surface area contributed by atoms with E-state index in [1.54, 1.807) is 29.7 Å². The molecule has 0 atom stereocenters. The van der Waals surface area contributed by atoms with Gasteiger partial charge in [-0.25, -0.2) is 4.39 Å². The third-order valence-electron chi connectivity index (χ3n) is 3.74. The number of halogens is 1. The first-order valence-corrected chi connectivity index (χ1v) is 8.46. The molecule has 3 heterocycles. The van der Waals surface area contributed by atoms with E-state index in [2.05, 4.69) is 9.97 Å². The Balaban J connectivity index is 1.74. The van der Waals surface area contributed by atoms with Crippen LogP contribution >= 0.6 is 11.3 Å². The van der Waals surface area contributed by atoms with Crippen LogP contribution in [0, 0.1) is 12.7 Å². The highest BCUT2D eigenvalue weighted by Gasteiger charge is 2.12. The van der Waals surface area contributed by atoms with E-state index in [0.717, 1.165) is 26.4 Å². The number of aromatic nitrogens is 2. The molecular weight excluding hydrogens is 337 g/mol. The fourth-order valence-electron chi connectivity index (χ4n) is 2.43. The lowest BCUT2D eigenvalue weighted by Gasteiger charge is -2.07. The quantitative estimate of drug-likeness (QED) is 0.517. The molecule has 0 spiro atoms. The predicted octanol–water partition coefficient (Wildman–Crippen LogP) is 5.18. The summed E-state index contributed by atoms with van der Waals surface area (Å²) in [5.74, 6) is 0.513. The molecule has 4 nitrogen and oxygen atoms in total. The molecule has 0 aliphatic carbocycles. The maximum atomic E-state index is 13.6. The van der Waals surface area contributed by atoms with Crippen LogP contribution in [0.15, 0.2) is 54.9 Å². The van der Waals surface area contributed by atoms with E-state index in [1.165, 1.54) is 12.1 Å². The van der Waals surface area contributed by atoms with Crippen LogP contribution in [0.5, 0.6) is 11.5 Å². The van der Waals surface area contributed by atoms with Crippen LogP contribution in [-0.4, -0.2) is 9.97 Å². The third kappa shape index (κ3) is 3.04. The summed E-state index contributed by atoms with van der Waals surface area (Å²) >= 11 is 1.54. The Morgan fingerprint density at radius 1 is 1.08 bits per heavy atom. The lowest BCUT2D eigenvalue weighted by atomic mass is 10.2. The summed E-state index contributed by atoms with van der Waals surface area (Å²) in [6.07, 6.45) is 3.51. The first-order valence-electron chi connectivity index (χ1n) is 7.64. The Bertz CT molecular complexity index is 1060. The van der Waals surface area contributed by atoms with E-state index in [-0.39, 0.29) is 5.69 Å². The van der Waals surface area contributed by atoms with E-state index in [0.29, 0.717) is 11.5 Å². The van der Waals surface area contributed by atoms with Gasteiger partial charge in [0.2, 0.25) is 0 Å². The van der Waals surface area contributed by atoms with Gasteiger partial charge in [0.25, 0.3) is 0 Å². The van der Waals surface area contributed by atoms with Gasteiger partial charge >= 0.3 is 0 Å². The van der Waals surface area contributed by atoms with Gasteiger partial charge in [0, 0.05) is 24.5 Å². The van der Waals surface area contributed by atoms with Gasteiger partial charge < -0.3 is 10.5 Å². The number of rotatable bonds is 3. The van der Waals surface area contributed by atoms with Crippen molar-refractivity contribution in [1.29, 1.82) is 0 Å². The highest BCUT2D eigenvalue weighted by atomic mass is 32.1. The average Bonchev–Trinajstić information content (AvgIpc) is 3.04. The first kappa shape index (κ1) is 15.5. The van der Waals surface area contributed by atoms with Crippen LogP contribution in [0.1, 0.15) is 5.56 Å². The van der Waals surface area contributed by atoms with Gasteiger partial charge in [0.1, 0.15) is 17.3 Å². The zero-order valence-electron chi connectivity index (χ0n) is 13.4. The number of ether oxygens (including phenoxy) is 1. The molecule has 25 heavy (non-hydrogen) atoms. The zero-order chi connectivity index (χ0) is 17.4. The lowest BCUT2D eigenvalue weighted by Crippen LogP contribution is -1.91. The first-order chi connectivity index (χ1) is 12.1. The highest BCUT2D eigenvalue weighted by Crippen LogP contribution is 2.38. The zero-order valence-corrected chi connectivity index (χ0v) is 14.2. The number of benzene rings is 1. The average molecular weight is 351 g/mol. The van der Waals surface area contributed by atoms with Crippen LogP contribution < -0.4 is 10.5 Å². The standard InChI is InChI=1S/C19H14FN3OS/c1-11-2-5-15(23-10-11)18-9-16-19(25-18)17(6-7-22-16)24-12-3-4-14(21)13(20)8-12/h2-10H,21H2,1H3. The molecule has 0 saturated carbocycles. The Labute approximate surface area is 147 Å². The smallest absolute Gasteiger partial charge is 0.149 e. The van der Waals surface area contributed by atoms with E-state index < -0.39 is 5.82 Å². The minimum absolute atomic E-state index is 0.0936. The summed E-state index contributed by atoms with van der Waals surface area (Å²) < 4.78 is 20.4. The van der Waals surface area contributed by atoms with Crippen LogP contribution in [0.3, 0.4) is 0 Å². The number of nitrogens with two attached hydrogens (primary N) is 1. The van der Waals surface area contributed by atoms with Gasteiger partial charge in [-0.05, 0) is 36.8 Å². The van der Waals surface area contributed by atoms with Crippen molar-refractivity contribution in [1.82, 2.24) is 9.97 Å². The van der Waals surface area contributed by atoms with Crippen LogP contribution in [0.25, 0.3) is 20.8 Å². The van der Waals surface area contributed by atoms with Crippen molar-refractivity contribution in [3.8, 4) is 22.1 Å². The summed E-state index contributed by atoms with van der Waals surface area (Å²) in [6.45, 7) is 2.00. The Kier molecular flexibility index (Phi) is 3.82. The summed E-state index contributed by atoms with van der Waals surface area (Å²) in [7, 11) is 0. The number of hydrogen-bond donors (Lipinski definition) is 1. The van der Waals surface area contributed by atoms with Crippen molar-refractivity contribution in [2.24, 2.45) is 0 Å². The number of pyridine rings is 2. The number of hydrogen-bond acceptors (Lipinski definition) is 5. The van der Waals surface area contributed by atoms with Crippen molar-refractivity contribution in [2.75, 3.05) is 5.73 Å². The van der Waals surface area contributed by atoms with Crippen LogP contribution in [0.2, 0.25) is 0 Å². The van der Waals surface area contributed by atoms with E-state index in [9.17, 15) is 4.39 Å². The molecule has 0 unspecified atom stereocenters.